The molecule has 144 valence electrons. The number of rotatable bonds is 5. The Morgan fingerprint density at radius 2 is 1.81 bits per heavy atom. The third-order valence-electron chi connectivity index (χ3n) is 4.44. The number of carbonyl (C=O) groups is 1. The summed E-state index contributed by atoms with van der Waals surface area (Å²) in [6.45, 7) is 2.82. The molecule has 0 aromatic heterocycles. The number of sulfonamides is 1. The summed E-state index contributed by atoms with van der Waals surface area (Å²) < 4.78 is 27.2. The van der Waals surface area contributed by atoms with Crippen molar-refractivity contribution in [1.29, 1.82) is 0 Å². The van der Waals surface area contributed by atoms with Crippen LogP contribution in [0.15, 0.2) is 53.4 Å². The standard InChI is InChI=1S/C19H21ClN2O3S2/c1-14(15-5-3-2-4-6-15)21-19(23)17-13-16(7-8-18(17)20)27(24,25)22-9-11-26-12-10-22/h2-8,13-14H,9-12H2,1H3,(H,21,23)/t14-/m0/s1. The number of thioether (sulfide) groups is 1. The Balaban J connectivity index is 1.83. The summed E-state index contributed by atoms with van der Waals surface area (Å²) in [6, 6.07) is 13.6. The number of hydrogen-bond donors (Lipinski definition) is 1. The summed E-state index contributed by atoms with van der Waals surface area (Å²) in [5.41, 5.74) is 1.11. The molecule has 2 aromatic rings. The zero-order valence-electron chi connectivity index (χ0n) is 14.9. The summed E-state index contributed by atoms with van der Waals surface area (Å²) in [6.07, 6.45) is 0. The van der Waals surface area contributed by atoms with Crippen LogP contribution >= 0.6 is 23.4 Å². The predicted octanol–water partition coefficient (Wildman–Crippen LogP) is 3.57. The first kappa shape index (κ1) is 20.2. The molecule has 8 heteroatoms. The van der Waals surface area contributed by atoms with Gasteiger partial charge >= 0.3 is 0 Å². The minimum Gasteiger partial charge on any atom is -0.345 e. The molecule has 3 rings (SSSR count). The van der Waals surface area contributed by atoms with Gasteiger partial charge in [-0.3, -0.25) is 4.79 Å². The van der Waals surface area contributed by atoms with Crippen LogP contribution in [0.2, 0.25) is 5.02 Å². The Labute approximate surface area is 169 Å². The summed E-state index contributed by atoms with van der Waals surface area (Å²) in [4.78, 5) is 12.8. The fraction of sp³-hybridized carbons (Fsp3) is 0.316. The average Bonchev–Trinajstić information content (AvgIpc) is 2.69. The minimum absolute atomic E-state index is 0.0938. The van der Waals surface area contributed by atoms with E-state index in [4.69, 9.17) is 11.6 Å². The predicted molar refractivity (Wildman–Crippen MR) is 110 cm³/mol. The maximum absolute atomic E-state index is 12.9. The van der Waals surface area contributed by atoms with Crippen LogP contribution in [0.1, 0.15) is 28.9 Å². The molecular formula is C19H21ClN2O3S2. The Kier molecular flexibility index (Phi) is 6.47. The van der Waals surface area contributed by atoms with Gasteiger partial charge in [0.2, 0.25) is 10.0 Å². The van der Waals surface area contributed by atoms with Gasteiger partial charge in [-0.15, -0.1) is 0 Å². The highest BCUT2D eigenvalue weighted by molar-refractivity contribution is 7.99. The van der Waals surface area contributed by atoms with Gasteiger partial charge in [0, 0.05) is 24.6 Å². The molecule has 1 heterocycles. The third kappa shape index (κ3) is 4.66. The van der Waals surface area contributed by atoms with Crippen molar-refractivity contribution in [2.75, 3.05) is 24.6 Å². The molecule has 27 heavy (non-hydrogen) atoms. The maximum atomic E-state index is 12.9. The molecule has 5 nitrogen and oxygen atoms in total. The van der Waals surface area contributed by atoms with Crippen LogP contribution in [0.25, 0.3) is 0 Å². The smallest absolute Gasteiger partial charge is 0.253 e. The van der Waals surface area contributed by atoms with Gasteiger partial charge in [-0.05, 0) is 30.7 Å². The molecule has 1 N–H and O–H groups in total. The highest BCUT2D eigenvalue weighted by Crippen LogP contribution is 2.25. The minimum atomic E-state index is -3.63. The zero-order chi connectivity index (χ0) is 19.4. The second-order valence-corrected chi connectivity index (χ2v) is 9.83. The van der Waals surface area contributed by atoms with E-state index in [1.54, 1.807) is 11.8 Å². The number of carbonyl (C=O) groups excluding carboxylic acids is 1. The van der Waals surface area contributed by atoms with E-state index in [1.165, 1.54) is 22.5 Å². The van der Waals surface area contributed by atoms with E-state index in [-0.39, 0.29) is 21.5 Å². The fourth-order valence-corrected chi connectivity index (χ4v) is 5.68. The van der Waals surface area contributed by atoms with Crippen molar-refractivity contribution < 1.29 is 13.2 Å². The third-order valence-corrected chi connectivity index (χ3v) is 7.60. The quantitative estimate of drug-likeness (QED) is 0.796. The molecular weight excluding hydrogens is 404 g/mol. The van der Waals surface area contributed by atoms with E-state index < -0.39 is 15.9 Å². The Hall–Kier alpha value is -1.54. The molecule has 0 unspecified atom stereocenters. The molecule has 0 radical (unpaired) electrons. The maximum Gasteiger partial charge on any atom is 0.253 e. The van der Waals surface area contributed by atoms with Gasteiger partial charge in [-0.25, -0.2) is 8.42 Å². The Morgan fingerprint density at radius 3 is 2.48 bits per heavy atom. The molecule has 0 bridgehead atoms. The molecule has 0 spiro atoms. The van der Waals surface area contributed by atoms with Crippen LogP contribution in [-0.4, -0.2) is 43.2 Å². The lowest BCUT2D eigenvalue weighted by molar-refractivity contribution is 0.0940. The van der Waals surface area contributed by atoms with Gasteiger partial charge < -0.3 is 5.32 Å². The molecule has 2 aromatic carbocycles. The molecule has 0 saturated carbocycles. The van der Waals surface area contributed by atoms with Crippen LogP contribution in [0.3, 0.4) is 0 Å². The number of halogens is 1. The number of hydrogen-bond acceptors (Lipinski definition) is 4. The normalized spacial score (nSPS) is 16.7. The first-order valence-electron chi connectivity index (χ1n) is 8.63. The lowest BCUT2D eigenvalue weighted by Crippen LogP contribution is -2.38. The average molecular weight is 425 g/mol. The monoisotopic (exact) mass is 424 g/mol. The molecule has 1 amide bonds. The van der Waals surface area contributed by atoms with Crippen LogP contribution < -0.4 is 5.32 Å². The van der Waals surface area contributed by atoms with Gasteiger partial charge in [0.1, 0.15) is 0 Å². The lowest BCUT2D eigenvalue weighted by Gasteiger charge is -2.25. The van der Waals surface area contributed by atoms with Crippen molar-refractivity contribution in [2.24, 2.45) is 0 Å². The Morgan fingerprint density at radius 1 is 1.15 bits per heavy atom. The summed E-state index contributed by atoms with van der Waals surface area (Å²) >= 11 is 7.92. The molecule has 0 aliphatic carbocycles. The van der Waals surface area contributed by atoms with Gasteiger partial charge in [0.05, 0.1) is 21.5 Å². The first-order valence-corrected chi connectivity index (χ1v) is 11.6. The Bertz CT molecular complexity index is 914. The number of amides is 1. The molecule has 1 fully saturated rings. The molecule has 1 aliphatic heterocycles. The van der Waals surface area contributed by atoms with E-state index in [2.05, 4.69) is 5.32 Å². The van der Waals surface area contributed by atoms with Crippen LogP contribution in [-0.2, 0) is 10.0 Å². The van der Waals surface area contributed by atoms with Gasteiger partial charge in [-0.2, -0.15) is 16.1 Å². The van der Waals surface area contributed by atoms with Crippen molar-refractivity contribution in [2.45, 2.75) is 17.9 Å². The van der Waals surface area contributed by atoms with E-state index in [1.807, 2.05) is 37.3 Å². The summed E-state index contributed by atoms with van der Waals surface area (Å²) in [5, 5.41) is 3.10. The highest BCUT2D eigenvalue weighted by atomic mass is 35.5. The van der Waals surface area contributed by atoms with Gasteiger partial charge in [-0.1, -0.05) is 41.9 Å². The highest BCUT2D eigenvalue weighted by Gasteiger charge is 2.27. The summed E-state index contributed by atoms with van der Waals surface area (Å²) in [7, 11) is -3.63. The van der Waals surface area contributed by atoms with Gasteiger partial charge in [0.15, 0.2) is 0 Å². The van der Waals surface area contributed by atoms with Crippen molar-refractivity contribution in [3.8, 4) is 0 Å². The van der Waals surface area contributed by atoms with Crippen molar-refractivity contribution in [1.82, 2.24) is 9.62 Å². The topological polar surface area (TPSA) is 66.5 Å². The molecule has 1 saturated heterocycles. The zero-order valence-corrected chi connectivity index (χ0v) is 17.3. The van der Waals surface area contributed by atoms with Gasteiger partial charge in [0.25, 0.3) is 5.91 Å². The summed E-state index contributed by atoms with van der Waals surface area (Å²) in [5.74, 6) is 1.14. The van der Waals surface area contributed by atoms with Crippen molar-refractivity contribution in [3.05, 3.63) is 64.7 Å². The van der Waals surface area contributed by atoms with Crippen molar-refractivity contribution in [3.63, 3.8) is 0 Å². The van der Waals surface area contributed by atoms with E-state index in [0.717, 1.165) is 17.1 Å². The van der Waals surface area contributed by atoms with E-state index in [9.17, 15) is 13.2 Å². The number of nitrogens with one attached hydrogen (secondary N) is 1. The molecule has 1 atom stereocenters. The van der Waals surface area contributed by atoms with E-state index >= 15 is 0 Å². The van der Waals surface area contributed by atoms with Crippen molar-refractivity contribution >= 4 is 39.3 Å². The SMILES string of the molecule is C[C@H](NC(=O)c1cc(S(=O)(=O)N2CCSCC2)ccc1Cl)c1ccccc1. The number of benzene rings is 2. The largest absolute Gasteiger partial charge is 0.345 e. The molecule has 1 aliphatic rings. The number of nitrogens with zero attached hydrogens (tertiary/aromatic N) is 1. The lowest BCUT2D eigenvalue weighted by atomic mass is 10.1. The van der Waals surface area contributed by atoms with Crippen LogP contribution in [0, 0.1) is 0 Å². The first-order chi connectivity index (χ1) is 12.9. The second kappa shape index (κ2) is 8.65. The van der Waals surface area contributed by atoms with Crippen LogP contribution in [0.5, 0.6) is 0 Å². The van der Waals surface area contributed by atoms with E-state index in [0.29, 0.717) is 13.1 Å². The van der Waals surface area contributed by atoms with Crippen LogP contribution in [0.4, 0.5) is 0 Å². The second-order valence-electron chi connectivity index (χ2n) is 6.26. The fourth-order valence-electron chi connectivity index (χ4n) is 2.87.